The summed E-state index contributed by atoms with van der Waals surface area (Å²) in [5.41, 5.74) is 1.60. The molecular weight excluding hydrogens is 164 g/mol. The van der Waals surface area contributed by atoms with E-state index in [9.17, 15) is 4.79 Å². The van der Waals surface area contributed by atoms with E-state index in [1.165, 1.54) is 0 Å². The number of allylic oxidation sites excluding steroid dienone is 2. The molecule has 0 saturated carbocycles. The maximum Gasteiger partial charge on any atom is 0.203 e. The van der Waals surface area contributed by atoms with Crippen molar-refractivity contribution in [1.29, 1.82) is 0 Å². The summed E-state index contributed by atoms with van der Waals surface area (Å²) >= 11 is 0. The molecule has 0 atom stereocenters. The Labute approximate surface area is 78.1 Å². The first-order valence-electron chi connectivity index (χ1n) is 4.36. The largest absolute Gasteiger partial charge is 0.288 e. The van der Waals surface area contributed by atoms with E-state index in [0.717, 1.165) is 12.0 Å². The van der Waals surface area contributed by atoms with Crippen LogP contribution in [0.15, 0.2) is 18.3 Å². The Balaban J connectivity index is 2.94. The van der Waals surface area contributed by atoms with Gasteiger partial charge in [-0.2, -0.15) is 5.10 Å². The average molecular weight is 178 g/mol. The summed E-state index contributed by atoms with van der Waals surface area (Å²) < 4.78 is 1.61. The van der Waals surface area contributed by atoms with Crippen molar-refractivity contribution in [3.8, 4) is 0 Å². The smallest absolute Gasteiger partial charge is 0.203 e. The summed E-state index contributed by atoms with van der Waals surface area (Å²) in [5.74, 6) is 0.0272. The van der Waals surface area contributed by atoms with E-state index in [1.54, 1.807) is 24.0 Å². The van der Waals surface area contributed by atoms with Crippen molar-refractivity contribution in [1.82, 2.24) is 9.78 Å². The average Bonchev–Trinajstić information content (AvgIpc) is 2.42. The van der Waals surface area contributed by atoms with Crippen LogP contribution in [0, 0.1) is 6.92 Å². The molecule has 0 aliphatic carbocycles. The molecule has 0 unspecified atom stereocenters. The van der Waals surface area contributed by atoms with Gasteiger partial charge in [0.2, 0.25) is 5.78 Å². The number of aryl methyl sites for hydroxylation is 2. The minimum atomic E-state index is 0.0272. The molecule has 0 bridgehead atoms. The minimum Gasteiger partial charge on any atom is -0.288 e. The van der Waals surface area contributed by atoms with E-state index in [-0.39, 0.29) is 5.78 Å². The number of nitrogens with zero attached hydrogens (tertiary/aromatic N) is 2. The lowest BCUT2D eigenvalue weighted by Gasteiger charge is -1.97. The van der Waals surface area contributed by atoms with Crippen LogP contribution in [0.2, 0.25) is 0 Å². The molecular formula is C10H14N2O. The number of hydrogen-bond donors (Lipinski definition) is 0. The molecule has 1 rings (SSSR count). The summed E-state index contributed by atoms with van der Waals surface area (Å²) in [6.45, 7) is 3.89. The van der Waals surface area contributed by atoms with Gasteiger partial charge in [-0.15, -0.1) is 0 Å². The standard InChI is InChI=1S/C10H14N2O/c1-4-5-6-9(13)10-8(2)7-11-12(10)3/h5-7H,4H2,1-3H3/b6-5+. The van der Waals surface area contributed by atoms with E-state index in [4.69, 9.17) is 0 Å². The molecule has 0 fully saturated rings. The molecule has 0 N–H and O–H groups in total. The second-order valence-corrected chi connectivity index (χ2v) is 2.97. The Morgan fingerprint density at radius 1 is 1.69 bits per heavy atom. The van der Waals surface area contributed by atoms with Crippen LogP contribution < -0.4 is 0 Å². The number of aromatic nitrogens is 2. The van der Waals surface area contributed by atoms with E-state index in [0.29, 0.717) is 5.69 Å². The number of carbonyl (C=O) groups excluding carboxylic acids is 1. The number of ketones is 1. The first-order chi connectivity index (χ1) is 6.16. The third kappa shape index (κ3) is 2.05. The number of rotatable bonds is 3. The lowest BCUT2D eigenvalue weighted by atomic mass is 10.2. The topological polar surface area (TPSA) is 34.9 Å². The van der Waals surface area contributed by atoms with Gasteiger partial charge in [0.05, 0.1) is 6.20 Å². The second kappa shape index (κ2) is 4.03. The first kappa shape index (κ1) is 9.71. The van der Waals surface area contributed by atoms with Crippen LogP contribution in [0.5, 0.6) is 0 Å². The lowest BCUT2D eigenvalue weighted by Crippen LogP contribution is -2.05. The molecule has 3 heteroatoms. The SMILES string of the molecule is CC/C=C/C(=O)c1c(C)cnn1C. The molecule has 0 aromatic carbocycles. The van der Waals surface area contributed by atoms with Crippen LogP contribution in [-0.2, 0) is 7.05 Å². The second-order valence-electron chi connectivity index (χ2n) is 2.97. The fourth-order valence-corrected chi connectivity index (χ4v) is 1.20. The summed E-state index contributed by atoms with van der Waals surface area (Å²) in [5, 5.41) is 4.01. The zero-order valence-electron chi connectivity index (χ0n) is 8.24. The molecule has 0 saturated heterocycles. The molecule has 1 aromatic rings. The third-order valence-corrected chi connectivity index (χ3v) is 1.86. The van der Waals surface area contributed by atoms with Gasteiger partial charge >= 0.3 is 0 Å². The van der Waals surface area contributed by atoms with Gasteiger partial charge in [-0.25, -0.2) is 0 Å². The molecule has 1 aromatic heterocycles. The molecule has 0 aliphatic rings. The number of hydrogen-bond acceptors (Lipinski definition) is 2. The van der Waals surface area contributed by atoms with Gasteiger partial charge in [-0.3, -0.25) is 9.48 Å². The highest BCUT2D eigenvalue weighted by atomic mass is 16.1. The van der Waals surface area contributed by atoms with Crippen molar-refractivity contribution in [3.63, 3.8) is 0 Å². The molecule has 0 spiro atoms. The maximum absolute atomic E-state index is 11.6. The molecule has 3 nitrogen and oxygen atoms in total. The van der Waals surface area contributed by atoms with Crippen molar-refractivity contribution in [2.45, 2.75) is 20.3 Å². The van der Waals surface area contributed by atoms with Crippen LogP contribution in [-0.4, -0.2) is 15.6 Å². The predicted molar refractivity (Wildman–Crippen MR) is 51.7 cm³/mol. The fourth-order valence-electron chi connectivity index (χ4n) is 1.20. The molecule has 0 aliphatic heterocycles. The van der Waals surface area contributed by atoms with E-state index in [2.05, 4.69) is 5.10 Å². The van der Waals surface area contributed by atoms with Gasteiger partial charge in [0.15, 0.2) is 0 Å². The van der Waals surface area contributed by atoms with E-state index < -0.39 is 0 Å². The zero-order chi connectivity index (χ0) is 9.84. The molecule has 70 valence electrons. The summed E-state index contributed by atoms with van der Waals surface area (Å²) in [6, 6.07) is 0. The van der Waals surface area contributed by atoms with Gasteiger partial charge < -0.3 is 0 Å². The van der Waals surface area contributed by atoms with Crippen molar-refractivity contribution in [2.75, 3.05) is 0 Å². The van der Waals surface area contributed by atoms with Crippen LogP contribution in [0.1, 0.15) is 29.4 Å². The Morgan fingerprint density at radius 2 is 2.38 bits per heavy atom. The summed E-state index contributed by atoms with van der Waals surface area (Å²) in [7, 11) is 1.78. The van der Waals surface area contributed by atoms with Crippen molar-refractivity contribution >= 4 is 5.78 Å². The van der Waals surface area contributed by atoms with Crippen molar-refractivity contribution < 1.29 is 4.79 Å². The van der Waals surface area contributed by atoms with E-state index >= 15 is 0 Å². The minimum absolute atomic E-state index is 0.0272. The Bertz CT molecular complexity index is 317. The molecule has 0 radical (unpaired) electrons. The Kier molecular flexibility index (Phi) is 3.01. The van der Waals surface area contributed by atoms with Crippen LogP contribution in [0.3, 0.4) is 0 Å². The van der Waals surface area contributed by atoms with Crippen LogP contribution in [0.25, 0.3) is 0 Å². The van der Waals surface area contributed by atoms with Crippen molar-refractivity contribution in [3.05, 3.63) is 29.6 Å². The predicted octanol–water partition coefficient (Wildman–Crippen LogP) is 1.88. The van der Waals surface area contributed by atoms with Gasteiger partial charge in [0.25, 0.3) is 0 Å². The van der Waals surface area contributed by atoms with Gasteiger partial charge in [0.1, 0.15) is 5.69 Å². The molecule has 1 heterocycles. The van der Waals surface area contributed by atoms with Gasteiger partial charge in [0, 0.05) is 7.05 Å². The summed E-state index contributed by atoms with van der Waals surface area (Å²) in [4.78, 5) is 11.6. The monoisotopic (exact) mass is 178 g/mol. The van der Waals surface area contributed by atoms with Crippen LogP contribution >= 0.6 is 0 Å². The molecule has 0 amide bonds. The molecule has 13 heavy (non-hydrogen) atoms. The third-order valence-electron chi connectivity index (χ3n) is 1.86. The Hall–Kier alpha value is -1.38. The Morgan fingerprint density at radius 3 is 2.85 bits per heavy atom. The quantitative estimate of drug-likeness (QED) is 0.523. The lowest BCUT2D eigenvalue weighted by molar-refractivity contribution is 0.103. The van der Waals surface area contributed by atoms with Gasteiger partial charge in [-0.1, -0.05) is 13.0 Å². The zero-order valence-corrected chi connectivity index (χ0v) is 8.24. The van der Waals surface area contributed by atoms with Crippen LogP contribution in [0.4, 0.5) is 0 Å². The van der Waals surface area contributed by atoms with E-state index in [1.807, 2.05) is 19.9 Å². The highest BCUT2D eigenvalue weighted by Gasteiger charge is 2.10. The highest BCUT2D eigenvalue weighted by molar-refractivity contribution is 6.04. The first-order valence-corrected chi connectivity index (χ1v) is 4.36. The number of carbonyl (C=O) groups is 1. The van der Waals surface area contributed by atoms with Gasteiger partial charge in [-0.05, 0) is 25.0 Å². The maximum atomic E-state index is 11.6. The fraction of sp³-hybridized carbons (Fsp3) is 0.400. The summed E-state index contributed by atoms with van der Waals surface area (Å²) in [6.07, 6.45) is 6.04. The normalized spacial score (nSPS) is 11.0. The van der Waals surface area contributed by atoms with Crippen molar-refractivity contribution in [2.24, 2.45) is 7.05 Å². The highest BCUT2D eigenvalue weighted by Crippen LogP contribution is 2.07.